The van der Waals surface area contributed by atoms with Crippen LogP contribution < -0.4 is 10.6 Å². The van der Waals surface area contributed by atoms with Gasteiger partial charge >= 0.3 is 0 Å². The number of oxazole rings is 1. The second kappa shape index (κ2) is 4.15. The van der Waals surface area contributed by atoms with Crippen molar-refractivity contribution in [3.63, 3.8) is 0 Å². The Morgan fingerprint density at radius 1 is 1.37 bits per heavy atom. The van der Waals surface area contributed by atoms with E-state index in [1.54, 1.807) is 0 Å². The van der Waals surface area contributed by atoms with E-state index in [0.29, 0.717) is 23.0 Å². The van der Waals surface area contributed by atoms with Crippen molar-refractivity contribution in [3.8, 4) is 0 Å². The summed E-state index contributed by atoms with van der Waals surface area (Å²) in [5.41, 5.74) is 8.48. The molecule has 3 rings (SSSR count). The fourth-order valence-electron chi connectivity index (χ4n) is 2.73. The van der Waals surface area contributed by atoms with Gasteiger partial charge in [-0.2, -0.15) is 4.98 Å². The van der Waals surface area contributed by atoms with Gasteiger partial charge in [0.2, 0.25) is 0 Å². The first-order valence-electron chi connectivity index (χ1n) is 6.85. The molecule has 0 aliphatic carbocycles. The van der Waals surface area contributed by atoms with E-state index < -0.39 is 0 Å². The molecular formula is C15H21N3O. The third kappa shape index (κ3) is 2.15. The predicted octanol–water partition coefficient (Wildman–Crippen LogP) is 3.28. The molecule has 1 aromatic heterocycles. The highest BCUT2D eigenvalue weighted by molar-refractivity contribution is 5.86. The first kappa shape index (κ1) is 12.3. The molecule has 0 bridgehead atoms. The van der Waals surface area contributed by atoms with Gasteiger partial charge in [-0.25, -0.2) is 0 Å². The van der Waals surface area contributed by atoms with Crippen LogP contribution in [0.15, 0.2) is 22.6 Å². The minimum absolute atomic E-state index is 0.333. The number of benzene rings is 1. The lowest BCUT2D eigenvalue weighted by Gasteiger charge is -2.26. The summed E-state index contributed by atoms with van der Waals surface area (Å²) in [4.78, 5) is 6.78. The molecule has 1 aliphatic heterocycles. The topological polar surface area (TPSA) is 55.3 Å². The van der Waals surface area contributed by atoms with Gasteiger partial charge in [-0.3, -0.25) is 0 Å². The number of anilines is 2. The van der Waals surface area contributed by atoms with Gasteiger partial charge in [0.1, 0.15) is 5.52 Å². The lowest BCUT2D eigenvalue weighted by atomic mass is 9.80. The van der Waals surface area contributed by atoms with E-state index in [4.69, 9.17) is 10.2 Å². The maximum absolute atomic E-state index is 5.92. The molecule has 19 heavy (non-hydrogen) atoms. The second-order valence-corrected chi connectivity index (χ2v) is 6.49. The van der Waals surface area contributed by atoms with Crippen molar-refractivity contribution in [2.24, 2.45) is 11.3 Å². The SMILES string of the molecule is CC(C)(C)C1CCN(c2nc3c(N)cccc3o2)C1. The van der Waals surface area contributed by atoms with Crippen molar-refractivity contribution in [1.82, 2.24) is 4.98 Å². The summed E-state index contributed by atoms with van der Waals surface area (Å²) in [7, 11) is 0. The highest BCUT2D eigenvalue weighted by Gasteiger charge is 2.33. The van der Waals surface area contributed by atoms with E-state index in [9.17, 15) is 0 Å². The van der Waals surface area contributed by atoms with Crippen LogP contribution in [0.25, 0.3) is 11.1 Å². The van der Waals surface area contributed by atoms with Crippen LogP contribution in [0, 0.1) is 11.3 Å². The quantitative estimate of drug-likeness (QED) is 0.798. The lowest BCUT2D eigenvalue weighted by molar-refractivity contribution is 0.263. The molecule has 0 radical (unpaired) electrons. The third-order valence-corrected chi connectivity index (χ3v) is 4.12. The van der Waals surface area contributed by atoms with E-state index in [1.807, 2.05) is 18.2 Å². The van der Waals surface area contributed by atoms with Gasteiger partial charge in [-0.05, 0) is 29.9 Å². The van der Waals surface area contributed by atoms with Crippen LogP contribution in [0.5, 0.6) is 0 Å². The molecule has 0 amide bonds. The minimum Gasteiger partial charge on any atom is -0.423 e. The Balaban J connectivity index is 1.88. The van der Waals surface area contributed by atoms with Crippen molar-refractivity contribution < 1.29 is 4.42 Å². The number of nitrogens with two attached hydrogens (primary N) is 1. The number of rotatable bonds is 1. The number of fused-ring (bicyclic) bond motifs is 1. The largest absolute Gasteiger partial charge is 0.423 e. The molecule has 0 saturated carbocycles. The second-order valence-electron chi connectivity index (χ2n) is 6.49. The standard InChI is InChI=1S/C15H21N3O/c1-15(2,3)10-7-8-18(9-10)14-17-13-11(16)5-4-6-12(13)19-14/h4-6,10H,7-9,16H2,1-3H3. The zero-order valence-electron chi connectivity index (χ0n) is 11.8. The van der Waals surface area contributed by atoms with E-state index in [0.717, 1.165) is 24.2 Å². The maximum atomic E-state index is 5.92. The van der Waals surface area contributed by atoms with Crippen LogP contribution in [-0.2, 0) is 0 Å². The van der Waals surface area contributed by atoms with Crippen molar-refractivity contribution >= 4 is 22.8 Å². The fraction of sp³-hybridized carbons (Fsp3) is 0.533. The summed E-state index contributed by atoms with van der Waals surface area (Å²) < 4.78 is 5.83. The molecule has 2 aromatic rings. The van der Waals surface area contributed by atoms with Gasteiger partial charge in [0.25, 0.3) is 6.01 Å². The van der Waals surface area contributed by atoms with Crippen LogP contribution in [0.1, 0.15) is 27.2 Å². The summed E-state index contributed by atoms with van der Waals surface area (Å²) in [6.07, 6.45) is 1.19. The van der Waals surface area contributed by atoms with E-state index in [-0.39, 0.29) is 0 Å². The van der Waals surface area contributed by atoms with E-state index in [2.05, 4.69) is 30.7 Å². The van der Waals surface area contributed by atoms with Crippen LogP contribution >= 0.6 is 0 Å². The Bertz CT molecular complexity index is 597. The van der Waals surface area contributed by atoms with Crippen LogP contribution in [-0.4, -0.2) is 18.1 Å². The molecule has 1 aromatic carbocycles. The van der Waals surface area contributed by atoms with Crippen molar-refractivity contribution in [3.05, 3.63) is 18.2 Å². The minimum atomic E-state index is 0.333. The number of hydrogen-bond donors (Lipinski definition) is 1. The first-order chi connectivity index (χ1) is 8.95. The summed E-state index contributed by atoms with van der Waals surface area (Å²) in [5.74, 6) is 0.680. The zero-order chi connectivity index (χ0) is 13.6. The molecule has 1 fully saturated rings. The summed E-state index contributed by atoms with van der Waals surface area (Å²) in [6, 6.07) is 6.38. The number of aromatic nitrogens is 1. The molecule has 4 heteroatoms. The number of nitrogens with zero attached hydrogens (tertiary/aromatic N) is 2. The van der Waals surface area contributed by atoms with Gasteiger partial charge in [-0.1, -0.05) is 26.8 Å². The molecule has 4 nitrogen and oxygen atoms in total. The molecule has 1 aliphatic rings. The number of hydrogen-bond acceptors (Lipinski definition) is 4. The Kier molecular flexibility index (Phi) is 2.69. The average molecular weight is 259 g/mol. The lowest BCUT2D eigenvalue weighted by Crippen LogP contribution is -2.25. The highest BCUT2D eigenvalue weighted by Crippen LogP contribution is 2.36. The van der Waals surface area contributed by atoms with Crippen LogP contribution in [0.4, 0.5) is 11.7 Å². The van der Waals surface area contributed by atoms with E-state index >= 15 is 0 Å². The summed E-state index contributed by atoms with van der Waals surface area (Å²) >= 11 is 0. The van der Waals surface area contributed by atoms with Crippen molar-refractivity contribution in [2.75, 3.05) is 23.7 Å². The summed E-state index contributed by atoms with van der Waals surface area (Å²) in [5, 5.41) is 0. The van der Waals surface area contributed by atoms with Crippen molar-refractivity contribution in [1.29, 1.82) is 0 Å². The maximum Gasteiger partial charge on any atom is 0.298 e. The van der Waals surface area contributed by atoms with E-state index in [1.165, 1.54) is 6.42 Å². The fourth-order valence-corrected chi connectivity index (χ4v) is 2.73. The average Bonchev–Trinajstić information content (AvgIpc) is 2.94. The van der Waals surface area contributed by atoms with Gasteiger partial charge < -0.3 is 15.1 Å². The third-order valence-electron chi connectivity index (χ3n) is 4.12. The van der Waals surface area contributed by atoms with Crippen LogP contribution in [0.3, 0.4) is 0 Å². The normalized spacial score (nSPS) is 20.4. The molecule has 2 heterocycles. The molecule has 0 spiro atoms. The molecule has 2 N–H and O–H groups in total. The first-order valence-corrected chi connectivity index (χ1v) is 6.85. The number of nitrogen functional groups attached to an aromatic ring is 1. The van der Waals surface area contributed by atoms with Crippen LogP contribution in [0.2, 0.25) is 0 Å². The smallest absolute Gasteiger partial charge is 0.298 e. The van der Waals surface area contributed by atoms with Gasteiger partial charge in [0, 0.05) is 13.1 Å². The predicted molar refractivity (Wildman–Crippen MR) is 78.2 cm³/mol. The molecule has 102 valence electrons. The van der Waals surface area contributed by atoms with Gasteiger partial charge in [-0.15, -0.1) is 0 Å². The number of para-hydroxylation sites is 1. The summed E-state index contributed by atoms with van der Waals surface area (Å²) in [6.45, 7) is 8.91. The Labute approximate surface area is 113 Å². The molecule has 1 unspecified atom stereocenters. The highest BCUT2D eigenvalue weighted by atomic mass is 16.4. The molecular weight excluding hydrogens is 238 g/mol. The van der Waals surface area contributed by atoms with Crippen molar-refractivity contribution in [2.45, 2.75) is 27.2 Å². The molecule has 1 saturated heterocycles. The Hall–Kier alpha value is -1.71. The zero-order valence-corrected chi connectivity index (χ0v) is 11.8. The monoisotopic (exact) mass is 259 g/mol. The van der Waals surface area contributed by atoms with Gasteiger partial charge in [0.05, 0.1) is 5.69 Å². The van der Waals surface area contributed by atoms with Gasteiger partial charge in [0.15, 0.2) is 5.58 Å². The molecule has 1 atom stereocenters. The Morgan fingerprint density at radius 3 is 2.79 bits per heavy atom. The Morgan fingerprint density at radius 2 is 2.16 bits per heavy atom.